The van der Waals surface area contributed by atoms with Crippen molar-refractivity contribution in [1.29, 1.82) is 0 Å². The SMILES string of the molecule is COc1ccc(CN2CCN(C(=O)CCC(=O)c3ccc(Cl)cc3)CC2)c(OC)c1OC. The van der Waals surface area contributed by atoms with Crippen LogP contribution in [0, 0.1) is 0 Å². The molecule has 0 aromatic heterocycles. The number of methoxy groups -OCH3 is 3. The highest BCUT2D eigenvalue weighted by atomic mass is 35.5. The minimum absolute atomic E-state index is 0.00987. The number of amides is 1. The number of carbonyl (C=O) groups is 2. The highest BCUT2D eigenvalue weighted by molar-refractivity contribution is 6.30. The summed E-state index contributed by atoms with van der Waals surface area (Å²) in [7, 11) is 4.80. The van der Waals surface area contributed by atoms with Crippen molar-refractivity contribution < 1.29 is 23.8 Å². The zero-order valence-corrected chi connectivity index (χ0v) is 19.5. The van der Waals surface area contributed by atoms with E-state index < -0.39 is 0 Å². The Morgan fingerprint density at radius 1 is 0.844 bits per heavy atom. The summed E-state index contributed by atoms with van der Waals surface area (Å²) in [5.74, 6) is 1.82. The van der Waals surface area contributed by atoms with Gasteiger partial charge in [0, 0.05) is 61.7 Å². The van der Waals surface area contributed by atoms with Gasteiger partial charge in [0.1, 0.15) is 0 Å². The number of ether oxygens (including phenoxy) is 3. The second-order valence-electron chi connectivity index (χ2n) is 7.58. The van der Waals surface area contributed by atoms with Gasteiger partial charge in [0.2, 0.25) is 11.7 Å². The maximum absolute atomic E-state index is 12.6. The van der Waals surface area contributed by atoms with Crippen LogP contribution in [-0.2, 0) is 11.3 Å². The van der Waals surface area contributed by atoms with Crippen molar-refractivity contribution in [3.05, 3.63) is 52.5 Å². The van der Waals surface area contributed by atoms with Gasteiger partial charge in [-0.15, -0.1) is 0 Å². The van der Waals surface area contributed by atoms with Gasteiger partial charge in [0.15, 0.2) is 17.3 Å². The molecule has 32 heavy (non-hydrogen) atoms. The van der Waals surface area contributed by atoms with Crippen LogP contribution < -0.4 is 14.2 Å². The highest BCUT2D eigenvalue weighted by Crippen LogP contribution is 2.40. The van der Waals surface area contributed by atoms with Gasteiger partial charge < -0.3 is 19.1 Å². The molecule has 0 atom stereocenters. The lowest BCUT2D eigenvalue weighted by atomic mass is 10.1. The standard InChI is InChI=1S/C24H29ClN2O5/c1-30-21-10-6-18(23(31-2)24(21)32-3)16-26-12-14-27(15-13-26)22(29)11-9-20(28)17-4-7-19(25)8-5-17/h4-8,10H,9,11-16H2,1-3H3. The predicted octanol–water partition coefficient (Wildman–Crippen LogP) is 3.67. The molecule has 1 aliphatic heterocycles. The van der Waals surface area contributed by atoms with Crippen molar-refractivity contribution in [3.63, 3.8) is 0 Å². The molecule has 0 saturated carbocycles. The average Bonchev–Trinajstić information content (AvgIpc) is 2.82. The number of benzene rings is 2. The maximum Gasteiger partial charge on any atom is 0.223 e. The summed E-state index contributed by atoms with van der Waals surface area (Å²) in [6, 6.07) is 10.6. The van der Waals surface area contributed by atoms with Crippen molar-refractivity contribution in [1.82, 2.24) is 9.80 Å². The Morgan fingerprint density at radius 3 is 2.09 bits per heavy atom. The zero-order chi connectivity index (χ0) is 23.1. The first-order valence-electron chi connectivity index (χ1n) is 10.5. The number of hydrogen-bond acceptors (Lipinski definition) is 6. The Balaban J connectivity index is 1.51. The van der Waals surface area contributed by atoms with Crippen LogP contribution in [-0.4, -0.2) is 69.0 Å². The molecule has 7 nitrogen and oxygen atoms in total. The molecule has 1 fully saturated rings. The van der Waals surface area contributed by atoms with Crippen LogP contribution in [0.5, 0.6) is 17.2 Å². The fourth-order valence-corrected chi connectivity index (χ4v) is 3.97. The van der Waals surface area contributed by atoms with E-state index in [1.165, 1.54) is 0 Å². The molecule has 0 spiro atoms. The summed E-state index contributed by atoms with van der Waals surface area (Å²) in [4.78, 5) is 29.0. The van der Waals surface area contributed by atoms with Crippen molar-refractivity contribution in [3.8, 4) is 17.2 Å². The molecule has 0 N–H and O–H groups in total. The first kappa shape index (κ1) is 23.9. The third-order valence-corrected chi connectivity index (χ3v) is 5.89. The second-order valence-corrected chi connectivity index (χ2v) is 8.02. The average molecular weight is 461 g/mol. The molecule has 2 aromatic rings. The first-order chi connectivity index (χ1) is 15.5. The molecule has 1 aliphatic rings. The van der Waals surface area contributed by atoms with Crippen LogP contribution in [0.15, 0.2) is 36.4 Å². The Hall–Kier alpha value is -2.77. The van der Waals surface area contributed by atoms with E-state index in [-0.39, 0.29) is 24.5 Å². The van der Waals surface area contributed by atoms with Gasteiger partial charge in [-0.2, -0.15) is 0 Å². The summed E-state index contributed by atoms with van der Waals surface area (Å²) < 4.78 is 16.4. The quantitative estimate of drug-likeness (QED) is 0.532. The van der Waals surface area contributed by atoms with E-state index in [1.807, 2.05) is 17.0 Å². The van der Waals surface area contributed by atoms with Gasteiger partial charge in [-0.25, -0.2) is 0 Å². The van der Waals surface area contributed by atoms with Gasteiger partial charge in [-0.1, -0.05) is 17.7 Å². The molecule has 0 aliphatic carbocycles. The van der Waals surface area contributed by atoms with E-state index in [4.69, 9.17) is 25.8 Å². The van der Waals surface area contributed by atoms with Crippen molar-refractivity contribution >= 4 is 23.3 Å². The molecule has 8 heteroatoms. The van der Waals surface area contributed by atoms with E-state index >= 15 is 0 Å². The number of ketones is 1. The molecule has 1 heterocycles. The number of carbonyl (C=O) groups excluding carboxylic acids is 2. The van der Waals surface area contributed by atoms with Gasteiger partial charge >= 0.3 is 0 Å². The molecule has 0 unspecified atom stereocenters. The zero-order valence-electron chi connectivity index (χ0n) is 18.7. The van der Waals surface area contributed by atoms with Crippen molar-refractivity contribution in [2.45, 2.75) is 19.4 Å². The molecular formula is C24H29ClN2O5. The van der Waals surface area contributed by atoms with Crippen LogP contribution in [0.4, 0.5) is 0 Å². The van der Waals surface area contributed by atoms with Crippen LogP contribution in [0.1, 0.15) is 28.8 Å². The molecule has 172 valence electrons. The molecule has 0 radical (unpaired) electrons. The number of nitrogens with zero attached hydrogens (tertiary/aromatic N) is 2. The fourth-order valence-electron chi connectivity index (χ4n) is 3.84. The Morgan fingerprint density at radius 2 is 1.50 bits per heavy atom. The van der Waals surface area contributed by atoms with Crippen LogP contribution in [0.2, 0.25) is 5.02 Å². The van der Waals surface area contributed by atoms with Gasteiger partial charge in [0.25, 0.3) is 0 Å². The number of halogens is 1. The van der Waals surface area contributed by atoms with E-state index in [9.17, 15) is 9.59 Å². The molecule has 3 rings (SSSR count). The van der Waals surface area contributed by atoms with E-state index in [0.717, 1.165) is 18.7 Å². The molecule has 2 aromatic carbocycles. The van der Waals surface area contributed by atoms with Crippen molar-refractivity contribution in [2.24, 2.45) is 0 Å². The van der Waals surface area contributed by atoms with Crippen LogP contribution >= 0.6 is 11.6 Å². The second kappa shape index (κ2) is 11.2. The number of rotatable bonds is 9. The Bertz CT molecular complexity index is 940. The predicted molar refractivity (Wildman–Crippen MR) is 123 cm³/mol. The minimum Gasteiger partial charge on any atom is -0.493 e. The van der Waals surface area contributed by atoms with Gasteiger partial charge in [0.05, 0.1) is 21.3 Å². The lowest BCUT2D eigenvalue weighted by molar-refractivity contribution is -0.133. The Kier molecular flexibility index (Phi) is 8.36. The molecule has 1 saturated heterocycles. The molecule has 0 bridgehead atoms. The summed E-state index contributed by atoms with van der Waals surface area (Å²) in [6.07, 6.45) is 0.411. The molecular weight excluding hydrogens is 432 g/mol. The number of hydrogen-bond donors (Lipinski definition) is 0. The topological polar surface area (TPSA) is 68.3 Å². The van der Waals surface area contributed by atoms with Crippen LogP contribution in [0.25, 0.3) is 0 Å². The van der Waals surface area contributed by atoms with E-state index in [1.54, 1.807) is 45.6 Å². The number of piperazine rings is 1. The largest absolute Gasteiger partial charge is 0.493 e. The third-order valence-electron chi connectivity index (χ3n) is 5.64. The summed E-state index contributed by atoms with van der Waals surface area (Å²) >= 11 is 5.86. The monoisotopic (exact) mass is 460 g/mol. The Labute approximate surface area is 193 Å². The van der Waals surface area contributed by atoms with Gasteiger partial charge in [-0.3, -0.25) is 14.5 Å². The summed E-state index contributed by atoms with van der Waals surface area (Å²) in [6.45, 7) is 3.43. The van der Waals surface area contributed by atoms with Crippen molar-refractivity contribution in [2.75, 3.05) is 47.5 Å². The first-order valence-corrected chi connectivity index (χ1v) is 10.9. The van der Waals surface area contributed by atoms with E-state index in [2.05, 4.69) is 4.90 Å². The smallest absolute Gasteiger partial charge is 0.223 e. The lowest BCUT2D eigenvalue weighted by Crippen LogP contribution is -2.48. The maximum atomic E-state index is 12.6. The third kappa shape index (κ3) is 5.72. The van der Waals surface area contributed by atoms with Gasteiger partial charge in [-0.05, 0) is 30.3 Å². The highest BCUT2D eigenvalue weighted by Gasteiger charge is 2.24. The number of Topliss-reactive ketones (excluding diaryl/α,β-unsaturated/α-hetero) is 1. The summed E-state index contributed by atoms with van der Waals surface area (Å²) in [5.41, 5.74) is 1.58. The fraction of sp³-hybridized carbons (Fsp3) is 0.417. The molecule has 1 amide bonds. The van der Waals surface area contributed by atoms with Crippen LogP contribution in [0.3, 0.4) is 0 Å². The summed E-state index contributed by atoms with van der Waals surface area (Å²) in [5, 5.41) is 0.584. The normalized spacial score (nSPS) is 14.2. The minimum atomic E-state index is -0.0470. The lowest BCUT2D eigenvalue weighted by Gasteiger charge is -2.35. The van der Waals surface area contributed by atoms with E-state index in [0.29, 0.717) is 47.5 Å².